The van der Waals surface area contributed by atoms with Gasteiger partial charge in [0.25, 0.3) is 0 Å². The standard InChI is InChI=1S/C14H24O/c1-5-6-7-13(15)14(4)9-8-11(2)12(3)10-14/h5-10H2,1-4H3. The number of allylic oxidation sites excluding steroid dienone is 2. The van der Waals surface area contributed by atoms with Crippen LogP contribution in [-0.4, -0.2) is 5.78 Å². The summed E-state index contributed by atoms with van der Waals surface area (Å²) in [7, 11) is 0. The van der Waals surface area contributed by atoms with Gasteiger partial charge in [-0.25, -0.2) is 0 Å². The Hall–Kier alpha value is -0.590. The fraction of sp³-hybridized carbons (Fsp3) is 0.786. The van der Waals surface area contributed by atoms with Crippen molar-refractivity contribution in [3.63, 3.8) is 0 Å². The highest BCUT2D eigenvalue weighted by atomic mass is 16.1. The molecule has 1 unspecified atom stereocenters. The molecule has 0 heterocycles. The maximum absolute atomic E-state index is 12.1. The third-order valence-electron chi connectivity index (χ3n) is 3.87. The van der Waals surface area contributed by atoms with E-state index in [1.807, 2.05) is 0 Å². The lowest BCUT2D eigenvalue weighted by Gasteiger charge is -2.33. The zero-order valence-corrected chi connectivity index (χ0v) is 10.7. The predicted molar refractivity (Wildman–Crippen MR) is 64.9 cm³/mol. The molecule has 0 aromatic heterocycles. The van der Waals surface area contributed by atoms with Crippen LogP contribution in [0.25, 0.3) is 0 Å². The largest absolute Gasteiger partial charge is 0.299 e. The smallest absolute Gasteiger partial charge is 0.139 e. The van der Waals surface area contributed by atoms with Gasteiger partial charge in [-0.15, -0.1) is 0 Å². The molecule has 15 heavy (non-hydrogen) atoms. The van der Waals surface area contributed by atoms with Crippen LogP contribution in [0, 0.1) is 5.41 Å². The number of ketones is 1. The summed E-state index contributed by atoms with van der Waals surface area (Å²) in [5.74, 6) is 0.483. The first-order valence-corrected chi connectivity index (χ1v) is 6.18. The van der Waals surface area contributed by atoms with Crippen molar-refractivity contribution in [1.29, 1.82) is 0 Å². The van der Waals surface area contributed by atoms with Gasteiger partial charge in [0.15, 0.2) is 0 Å². The van der Waals surface area contributed by atoms with Crippen molar-refractivity contribution in [2.45, 2.75) is 66.2 Å². The van der Waals surface area contributed by atoms with Crippen molar-refractivity contribution in [3.8, 4) is 0 Å². The van der Waals surface area contributed by atoms with Crippen LogP contribution >= 0.6 is 0 Å². The number of carbonyl (C=O) groups excluding carboxylic acids is 1. The lowest BCUT2D eigenvalue weighted by molar-refractivity contribution is -0.128. The molecular formula is C14H24O. The fourth-order valence-corrected chi connectivity index (χ4v) is 2.38. The highest BCUT2D eigenvalue weighted by molar-refractivity contribution is 5.85. The van der Waals surface area contributed by atoms with Gasteiger partial charge in [-0.2, -0.15) is 0 Å². The van der Waals surface area contributed by atoms with Crippen LogP contribution in [0.2, 0.25) is 0 Å². The quantitative estimate of drug-likeness (QED) is 0.630. The number of unbranched alkanes of at least 4 members (excludes halogenated alkanes) is 1. The molecule has 0 aromatic carbocycles. The van der Waals surface area contributed by atoms with Gasteiger partial charge in [0.1, 0.15) is 5.78 Å². The van der Waals surface area contributed by atoms with E-state index in [0.29, 0.717) is 5.78 Å². The Kier molecular flexibility index (Phi) is 4.12. The van der Waals surface area contributed by atoms with Gasteiger partial charge in [-0.05, 0) is 39.5 Å². The number of rotatable bonds is 4. The zero-order valence-electron chi connectivity index (χ0n) is 10.7. The third kappa shape index (κ3) is 2.93. The van der Waals surface area contributed by atoms with E-state index < -0.39 is 0 Å². The van der Waals surface area contributed by atoms with Crippen molar-refractivity contribution >= 4 is 5.78 Å². The zero-order chi connectivity index (χ0) is 11.5. The Labute approximate surface area is 93.9 Å². The van der Waals surface area contributed by atoms with Crippen LogP contribution in [0.4, 0.5) is 0 Å². The second kappa shape index (κ2) is 4.96. The first kappa shape index (κ1) is 12.5. The molecule has 0 aromatic rings. The minimum Gasteiger partial charge on any atom is -0.299 e. The minimum absolute atomic E-state index is 0.0568. The molecule has 1 atom stereocenters. The van der Waals surface area contributed by atoms with E-state index in [-0.39, 0.29) is 5.41 Å². The highest BCUT2D eigenvalue weighted by Crippen LogP contribution is 2.40. The molecule has 1 aliphatic carbocycles. The van der Waals surface area contributed by atoms with Gasteiger partial charge in [-0.1, -0.05) is 31.4 Å². The van der Waals surface area contributed by atoms with Gasteiger partial charge in [-0.3, -0.25) is 4.79 Å². The van der Waals surface area contributed by atoms with E-state index in [2.05, 4.69) is 27.7 Å². The van der Waals surface area contributed by atoms with Crippen LogP contribution in [0.1, 0.15) is 66.2 Å². The summed E-state index contributed by atoms with van der Waals surface area (Å²) in [6.45, 7) is 8.68. The van der Waals surface area contributed by atoms with Crippen LogP contribution in [0.15, 0.2) is 11.1 Å². The molecule has 0 radical (unpaired) electrons. The Morgan fingerprint density at radius 3 is 2.53 bits per heavy atom. The molecule has 0 N–H and O–H groups in total. The van der Waals surface area contributed by atoms with Crippen molar-refractivity contribution in [2.24, 2.45) is 5.41 Å². The molecule has 0 aliphatic heterocycles. The maximum Gasteiger partial charge on any atom is 0.139 e. The van der Waals surface area contributed by atoms with Gasteiger partial charge < -0.3 is 0 Å². The topological polar surface area (TPSA) is 17.1 Å². The minimum atomic E-state index is -0.0568. The number of hydrogen-bond acceptors (Lipinski definition) is 1. The molecule has 1 rings (SSSR count). The Bertz CT molecular complexity index is 275. The van der Waals surface area contributed by atoms with Crippen LogP contribution in [0.3, 0.4) is 0 Å². The molecule has 0 saturated carbocycles. The van der Waals surface area contributed by atoms with E-state index in [9.17, 15) is 4.79 Å². The van der Waals surface area contributed by atoms with Gasteiger partial charge in [0, 0.05) is 11.8 Å². The maximum atomic E-state index is 12.1. The van der Waals surface area contributed by atoms with Crippen molar-refractivity contribution in [2.75, 3.05) is 0 Å². The molecule has 1 heteroatoms. The predicted octanol–water partition coefficient (Wildman–Crippen LogP) is 4.27. The lowest BCUT2D eigenvalue weighted by Crippen LogP contribution is -2.30. The molecule has 0 spiro atoms. The Balaban J connectivity index is 2.65. The second-order valence-electron chi connectivity index (χ2n) is 5.32. The van der Waals surface area contributed by atoms with Crippen LogP contribution in [-0.2, 0) is 4.79 Å². The second-order valence-corrected chi connectivity index (χ2v) is 5.32. The fourth-order valence-electron chi connectivity index (χ4n) is 2.38. The van der Waals surface area contributed by atoms with Crippen LogP contribution < -0.4 is 0 Å². The summed E-state index contributed by atoms with van der Waals surface area (Å²) in [5.41, 5.74) is 2.88. The Morgan fingerprint density at radius 2 is 2.00 bits per heavy atom. The van der Waals surface area contributed by atoms with E-state index in [1.54, 1.807) is 0 Å². The Morgan fingerprint density at radius 1 is 1.33 bits per heavy atom. The molecular weight excluding hydrogens is 184 g/mol. The SMILES string of the molecule is CCCCC(=O)C1(C)CCC(C)=C(C)C1. The number of hydrogen-bond donors (Lipinski definition) is 0. The van der Waals surface area contributed by atoms with E-state index >= 15 is 0 Å². The normalized spacial score (nSPS) is 26.9. The first-order chi connectivity index (χ1) is 6.99. The summed E-state index contributed by atoms with van der Waals surface area (Å²) in [4.78, 5) is 12.1. The third-order valence-corrected chi connectivity index (χ3v) is 3.87. The molecule has 0 bridgehead atoms. The summed E-state index contributed by atoms with van der Waals surface area (Å²) in [6, 6.07) is 0. The van der Waals surface area contributed by atoms with E-state index in [1.165, 1.54) is 11.1 Å². The first-order valence-electron chi connectivity index (χ1n) is 6.18. The highest BCUT2D eigenvalue weighted by Gasteiger charge is 2.34. The molecule has 1 aliphatic rings. The van der Waals surface area contributed by atoms with Crippen molar-refractivity contribution < 1.29 is 4.79 Å². The molecule has 0 saturated heterocycles. The molecule has 0 amide bonds. The van der Waals surface area contributed by atoms with Crippen molar-refractivity contribution in [3.05, 3.63) is 11.1 Å². The van der Waals surface area contributed by atoms with Crippen LogP contribution in [0.5, 0.6) is 0 Å². The van der Waals surface area contributed by atoms with E-state index in [4.69, 9.17) is 0 Å². The average molecular weight is 208 g/mol. The molecule has 86 valence electrons. The van der Waals surface area contributed by atoms with E-state index in [0.717, 1.165) is 38.5 Å². The number of Topliss-reactive ketones (excluding diaryl/α,β-unsaturated/α-hetero) is 1. The summed E-state index contributed by atoms with van der Waals surface area (Å²) >= 11 is 0. The summed E-state index contributed by atoms with van der Waals surface area (Å²) in [6.07, 6.45) is 6.10. The van der Waals surface area contributed by atoms with Gasteiger partial charge in [0.05, 0.1) is 0 Å². The molecule has 0 fully saturated rings. The van der Waals surface area contributed by atoms with Crippen molar-refractivity contribution in [1.82, 2.24) is 0 Å². The molecule has 1 nitrogen and oxygen atoms in total. The van der Waals surface area contributed by atoms with Gasteiger partial charge in [0.2, 0.25) is 0 Å². The monoisotopic (exact) mass is 208 g/mol. The summed E-state index contributed by atoms with van der Waals surface area (Å²) in [5, 5.41) is 0. The van der Waals surface area contributed by atoms with Gasteiger partial charge >= 0.3 is 0 Å². The summed E-state index contributed by atoms with van der Waals surface area (Å²) < 4.78 is 0. The number of carbonyl (C=O) groups is 1. The average Bonchev–Trinajstić information content (AvgIpc) is 2.20. The lowest BCUT2D eigenvalue weighted by atomic mass is 9.70.